The third-order valence-corrected chi connectivity index (χ3v) is 3.65. The minimum absolute atomic E-state index is 0.101. The van der Waals surface area contributed by atoms with E-state index in [1.165, 1.54) is 29.1 Å². The van der Waals surface area contributed by atoms with Crippen LogP contribution in [0.1, 0.15) is 16.8 Å². The highest BCUT2D eigenvalue weighted by Crippen LogP contribution is 2.16. The minimum Gasteiger partial charge on any atom is -0.311 e. The smallest absolute Gasteiger partial charge is 0.257 e. The molecule has 0 unspecified atom stereocenters. The Morgan fingerprint density at radius 2 is 2.30 bits per heavy atom. The quantitative estimate of drug-likeness (QED) is 0.917. The van der Waals surface area contributed by atoms with Crippen LogP contribution < -0.4 is 10.9 Å². The molecule has 0 amide bonds. The fourth-order valence-electron chi connectivity index (χ4n) is 2.35. The van der Waals surface area contributed by atoms with E-state index in [0.717, 1.165) is 12.2 Å². The van der Waals surface area contributed by atoms with Gasteiger partial charge in [0, 0.05) is 22.7 Å². The molecular weight excluding hydrogens is 281 g/mol. The van der Waals surface area contributed by atoms with Crippen LogP contribution in [0.3, 0.4) is 0 Å². The monoisotopic (exact) mass is 293 g/mol. The Morgan fingerprint density at radius 1 is 1.45 bits per heavy atom. The predicted molar refractivity (Wildman–Crippen MR) is 74.4 cm³/mol. The molecule has 0 saturated heterocycles. The van der Waals surface area contributed by atoms with E-state index in [1.54, 1.807) is 0 Å². The molecule has 6 heteroatoms. The molecule has 3 rings (SSSR count). The first-order valence-electron chi connectivity index (χ1n) is 6.37. The van der Waals surface area contributed by atoms with Gasteiger partial charge in [-0.15, -0.1) is 0 Å². The fraction of sp³-hybridized carbons (Fsp3) is 0.286. The lowest BCUT2D eigenvalue weighted by molar-refractivity contribution is 0.576. The summed E-state index contributed by atoms with van der Waals surface area (Å²) in [6, 6.07) is 4.32. The average molecular weight is 294 g/mol. The van der Waals surface area contributed by atoms with Crippen LogP contribution in [0.2, 0.25) is 5.02 Å². The summed E-state index contributed by atoms with van der Waals surface area (Å²) in [5.41, 5.74) is 1.78. The van der Waals surface area contributed by atoms with Crippen molar-refractivity contribution in [2.45, 2.75) is 19.5 Å². The first-order chi connectivity index (χ1) is 9.65. The van der Waals surface area contributed by atoms with Crippen LogP contribution in [-0.2, 0) is 19.5 Å². The Balaban J connectivity index is 1.99. The normalized spacial score (nSPS) is 14.1. The number of rotatable bonds is 2. The summed E-state index contributed by atoms with van der Waals surface area (Å²) in [6.07, 6.45) is 2.12. The van der Waals surface area contributed by atoms with Crippen LogP contribution in [0.4, 0.5) is 4.39 Å². The lowest BCUT2D eigenvalue weighted by Gasteiger charge is -2.17. The maximum absolute atomic E-state index is 13.7. The molecule has 104 valence electrons. The molecule has 1 aliphatic rings. The van der Waals surface area contributed by atoms with Crippen molar-refractivity contribution >= 4 is 11.6 Å². The van der Waals surface area contributed by atoms with Crippen LogP contribution in [0, 0.1) is 5.82 Å². The largest absolute Gasteiger partial charge is 0.311 e. The lowest BCUT2D eigenvalue weighted by atomic mass is 10.1. The van der Waals surface area contributed by atoms with E-state index >= 15 is 0 Å². The molecule has 1 aromatic carbocycles. The van der Waals surface area contributed by atoms with E-state index in [2.05, 4.69) is 10.3 Å². The fourth-order valence-corrected chi connectivity index (χ4v) is 2.55. The topological polar surface area (TPSA) is 46.9 Å². The first kappa shape index (κ1) is 13.3. The molecule has 4 nitrogen and oxygen atoms in total. The SMILES string of the molecule is O=c1c2c(ncn1Cc1cc(Cl)ccc1F)CNCC2. The Hall–Kier alpha value is -1.72. The zero-order valence-electron chi connectivity index (χ0n) is 10.7. The molecule has 0 atom stereocenters. The number of halogens is 2. The van der Waals surface area contributed by atoms with Gasteiger partial charge >= 0.3 is 0 Å². The van der Waals surface area contributed by atoms with E-state index in [4.69, 9.17) is 11.6 Å². The highest BCUT2D eigenvalue weighted by Gasteiger charge is 2.15. The van der Waals surface area contributed by atoms with Crippen molar-refractivity contribution in [3.05, 3.63) is 62.5 Å². The summed E-state index contributed by atoms with van der Waals surface area (Å²) < 4.78 is 15.2. The first-order valence-corrected chi connectivity index (χ1v) is 6.75. The molecule has 0 fully saturated rings. The second-order valence-electron chi connectivity index (χ2n) is 4.77. The molecule has 1 aromatic heterocycles. The minimum atomic E-state index is -0.374. The van der Waals surface area contributed by atoms with Gasteiger partial charge < -0.3 is 5.32 Å². The third kappa shape index (κ3) is 2.46. The summed E-state index contributed by atoms with van der Waals surface area (Å²) in [4.78, 5) is 16.6. The van der Waals surface area contributed by atoms with E-state index < -0.39 is 0 Å². The van der Waals surface area contributed by atoms with Gasteiger partial charge in [0.05, 0.1) is 18.6 Å². The van der Waals surface area contributed by atoms with Gasteiger partial charge in [-0.3, -0.25) is 9.36 Å². The third-order valence-electron chi connectivity index (χ3n) is 3.41. The summed E-state index contributed by atoms with van der Waals surface area (Å²) in [5.74, 6) is -0.374. The molecule has 0 spiro atoms. The number of hydrogen-bond donors (Lipinski definition) is 1. The molecule has 0 aliphatic carbocycles. The van der Waals surface area contributed by atoms with Crippen LogP contribution in [-0.4, -0.2) is 16.1 Å². The maximum atomic E-state index is 13.7. The number of nitrogens with zero attached hydrogens (tertiary/aromatic N) is 2. The molecule has 2 heterocycles. The van der Waals surface area contributed by atoms with E-state index in [0.29, 0.717) is 29.1 Å². The van der Waals surface area contributed by atoms with Crippen molar-refractivity contribution in [2.24, 2.45) is 0 Å². The van der Waals surface area contributed by atoms with Gasteiger partial charge in [-0.1, -0.05) is 11.6 Å². The van der Waals surface area contributed by atoms with Crippen molar-refractivity contribution in [2.75, 3.05) is 6.54 Å². The van der Waals surface area contributed by atoms with Gasteiger partial charge in [-0.05, 0) is 31.2 Å². The Morgan fingerprint density at radius 3 is 3.15 bits per heavy atom. The zero-order valence-corrected chi connectivity index (χ0v) is 11.5. The number of nitrogens with one attached hydrogen (secondary N) is 1. The Bertz CT molecular complexity index is 714. The summed E-state index contributed by atoms with van der Waals surface area (Å²) in [6.45, 7) is 1.51. The molecule has 0 saturated carbocycles. The second-order valence-corrected chi connectivity index (χ2v) is 5.20. The predicted octanol–water partition coefficient (Wildman–Crippen LogP) is 1.73. The average Bonchev–Trinajstić information content (AvgIpc) is 2.46. The summed E-state index contributed by atoms with van der Waals surface area (Å²) >= 11 is 5.86. The Labute approximate surface area is 120 Å². The number of benzene rings is 1. The van der Waals surface area contributed by atoms with Crippen molar-refractivity contribution in [3.63, 3.8) is 0 Å². The molecular formula is C14H13ClFN3O. The lowest BCUT2D eigenvalue weighted by Crippen LogP contribution is -2.34. The molecule has 2 aromatic rings. The highest BCUT2D eigenvalue weighted by atomic mass is 35.5. The van der Waals surface area contributed by atoms with Gasteiger partial charge in [-0.25, -0.2) is 9.37 Å². The van der Waals surface area contributed by atoms with Crippen LogP contribution in [0.15, 0.2) is 29.3 Å². The Kier molecular flexibility index (Phi) is 3.54. The molecule has 0 bridgehead atoms. The van der Waals surface area contributed by atoms with Crippen LogP contribution in [0.25, 0.3) is 0 Å². The van der Waals surface area contributed by atoms with E-state index in [1.807, 2.05) is 0 Å². The number of fused-ring (bicyclic) bond motifs is 1. The summed E-state index contributed by atoms with van der Waals surface area (Å²) in [5, 5.41) is 3.61. The van der Waals surface area contributed by atoms with Gasteiger partial charge in [0.15, 0.2) is 0 Å². The standard InChI is InChI=1S/C14H13ClFN3O/c15-10-1-2-12(16)9(5-10)7-19-8-18-13-6-17-4-3-11(13)14(19)20/h1-2,5,8,17H,3-4,6-7H2. The highest BCUT2D eigenvalue weighted by molar-refractivity contribution is 6.30. The molecule has 1 aliphatic heterocycles. The second kappa shape index (κ2) is 5.34. The molecule has 1 N–H and O–H groups in total. The van der Waals surface area contributed by atoms with Crippen molar-refractivity contribution < 1.29 is 4.39 Å². The number of hydrogen-bond acceptors (Lipinski definition) is 3. The van der Waals surface area contributed by atoms with Crippen LogP contribution >= 0.6 is 11.6 Å². The van der Waals surface area contributed by atoms with Gasteiger partial charge in [0.1, 0.15) is 5.82 Å². The van der Waals surface area contributed by atoms with Crippen LogP contribution in [0.5, 0.6) is 0 Å². The van der Waals surface area contributed by atoms with Gasteiger partial charge in [0.25, 0.3) is 5.56 Å². The van der Waals surface area contributed by atoms with Gasteiger partial charge in [-0.2, -0.15) is 0 Å². The zero-order chi connectivity index (χ0) is 14.1. The summed E-state index contributed by atoms with van der Waals surface area (Å²) in [7, 11) is 0. The van der Waals surface area contributed by atoms with Crippen molar-refractivity contribution in [3.8, 4) is 0 Å². The molecule has 20 heavy (non-hydrogen) atoms. The van der Waals surface area contributed by atoms with Gasteiger partial charge in [0.2, 0.25) is 0 Å². The van der Waals surface area contributed by atoms with Crippen molar-refractivity contribution in [1.29, 1.82) is 0 Å². The number of aromatic nitrogens is 2. The van der Waals surface area contributed by atoms with E-state index in [9.17, 15) is 9.18 Å². The maximum Gasteiger partial charge on any atom is 0.257 e. The van der Waals surface area contributed by atoms with Crippen molar-refractivity contribution in [1.82, 2.24) is 14.9 Å². The van der Waals surface area contributed by atoms with E-state index in [-0.39, 0.29) is 17.9 Å². The molecule has 0 radical (unpaired) electrons.